The highest BCUT2D eigenvalue weighted by atomic mass is 16.3. The van der Waals surface area contributed by atoms with Crippen molar-refractivity contribution in [3.63, 3.8) is 0 Å². The number of hydrogen-bond acceptors (Lipinski definition) is 4. The number of phenolic OH excluding ortho intramolecular Hbond substituents is 2. The Bertz CT molecular complexity index is 439. The molecule has 1 aliphatic rings. The number of phenols is 2. The maximum atomic E-state index is 10.6. The minimum atomic E-state index is -0.628. The van der Waals surface area contributed by atoms with Crippen molar-refractivity contribution in [1.82, 2.24) is 5.32 Å². The molecule has 0 aromatic heterocycles. The van der Waals surface area contributed by atoms with Crippen molar-refractivity contribution >= 4 is 0 Å². The molecule has 1 aromatic rings. The highest BCUT2D eigenvalue weighted by Gasteiger charge is 2.28. The number of benzene rings is 1. The zero-order valence-electron chi connectivity index (χ0n) is 12.1. The number of rotatable bonds is 4. The SMILES string of the molecule is CC(NCC1(O)CCCCCC1)c1ccc(O)cc1O. The van der Waals surface area contributed by atoms with Crippen LogP contribution < -0.4 is 5.32 Å². The van der Waals surface area contributed by atoms with Gasteiger partial charge in [0.25, 0.3) is 0 Å². The maximum absolute atomic E-state index is 10.6. The molecule has 0 heterocycles. The maximum Gasteiger partial charge on any atom is 0.124 e. The van der Waals surface area contributed by atoms with Crippen LogP contribution in [0.15, 0.2) is 18.2 Å². The molecular formula is C16H25NO3. The molecule has 2 rings (SSSR count). The summed E-state index contributed by atoms with van der Waals surface area (Å²) in [7, 11) is 0. The van der Waals surface area contributed by atoms with Gasteiger partial charge in [-0.3, -0.25) is 0 Å². The largest absolute Gasteiger partial charge is 0.508 e. The molecular weight excluding hydrogens is 254 g/mol. The molecule has 112 valence electrons. The van der Waals surface area contributed by atoms with Crippen molar-refractivity contribution in [2.75, 3.05) is 6.54 Å². The fourth-order valence-electron chi connectivity index (χ4n) is 2.91. The molecule has 1 atom stereocenters. The fourth-order valence-corrected chi connectivity index (χ4v) is 2.91. The summed E-state index contributed by atoms with van der Waals surface area (Å²) in [5.41, 5.74) is 0.108. The summed E-state index contributed by atoms with van der Waals surface area (Å²) in [6.07, 6.45) is 6.25. The molecule has 0 aliphatic heterocycles. The van der Waals surface area contributed by atoms with Gasteiger partial charge in [0.1, 0.15) is 11.5 Å². The second-order valence-electron chi connectivity index (χ2n) is 5.98. The molecule has 0 spiro atoms. The number of nitrogens with one attached hydrogen (secondary N) is 1. The van der Waals surface area contributed by atoms with Crippen LogP contribution in [0.1, 0.15) is 57.1 Å². The minimum Gasteiger partial charge on any atom is -0.508 e. The second kappa shape index (κ2) is 6.46. The summed E-state index contributed by atoms with van der Waals surface area (Å²) in [4.78, 5) is 0. The second-order valence-corrected chi connectivity index (χ2v) is 5.98. The molecule has 1 aromatic carbocycles. The summed E-state index contributed by atoms with van der Waals surface area (Å²) in [5, 5.41) is 33.1. The number of hydrogen-bond donors (Lipinski definition) is 4. The van der Waals surface area contributed by atoms with Crippen LogP contribution in [0.25, 0.3) is 0 Å². The van der Waals surface area contributed by atoms with E-state index >= 15 is 0 Å². The van der Waals surface area contributed by atoms with Gasteiger partial charge in [-0.05, 0) is 25.8 Å². The lowest BCUT2D eigenvalue weighted by Crippen LogP contribution is -2.41. The van der Waals surface area contributed by atoms with Gasteiger partial charge in [-0.2, -0.15) is 0 Å². The van der Waals surface area contributed by atoms with Crippen LogP contribution in [0, 0.1) is 0 Å². The molecule has 0 saturated heterocycles. The lowest BCUT2D eigenvalue weighted by Gasteiger charge is -2.29. The zero-order valence-corrected chi connectivity index (χ0v) is 12.1. The van der Waals surface area contributed by atoms with Crippen LogP contribution >= 0.6 is 0 Å². The highest BCUT2D eigenvalue weighted by Crippen LogP contribution is 2.30. The first-order valence-electron chi connectivity index (χ1n) is 7.48. The molecule has 0 radical (unpaired) electrons. The van der Waals surface area contributed by atoms with Gasteiger partial charge < -0.3 is 20.6 Å². The van der Waals surface area contributed by atoms with E-state index < -0.39 is 5.60 Å². The van der Waals surface area contributed by atoms with Crippen molar-refractivity contribution in [2.24, 2.45) is 0 Å². The van der Waals surface area contributed by atoms with Gasteiger partial charge in [0.2, 0.25) is 0 Å². The van der Waals surface area contributed by atoms with Gasteiger partial charge in [-0.15, -0.1) is 0 Å². The summed E-state index contributed by atoms with van der Waals surface area (Å²) >= 11 is 0. The summed E-state index contributed by atoms with van der Waals surface area (Å²) in [5.74, 6) is 0.138. The molecule has 4 nitrogen and oxygen atoms in total. The Kier molecular flexibility index (Phi) is 4.89. The van der Waals surface area contributed by atoms with Crippen molar-refractivity contribution in [1.29, 1.82) is 0 Å². The Morgan fingerprint density at radius 2 is 1.80 bits per heavy atom. The average Bonchev–Trinajstić information content (AvgIpc) is 2.61. The summed E-state index contributed by atoms with van der Waals surface area (Å²) in [6, 6.07) is 4.55. The third-order valence-corrected chi connectivity index (χ3v) is 4.25. The monoisotopic (exact) mass is 279 g/mol. The van der Waals surface area contributed by atoms with Gasteiger partial charge in [0.05, 0.1) is 5.60 Å². The number of aromatic hydroxyl groups is 2. The van der Waals surface area contributed by atoms with Gasteiger partial charge in [0, 0.05) is 24.2 Å². The van der Waals surface area contributed by atoms with Crippen LogP contribution in [0.4, 0.5) is 0 Å². The lowest BCUT2D eigenvalue weighted by atomic mass is 9.94. The molecule has 4 heteroatoms. The van der Waals surface area contributed by atoms with E-state index in [0.717, 1.165) is 31.2 Å². The predicted octanol–water partition coefficient (Wildman–Crippen LogP) is 2.83. The van der Waals surface area contributed by atoms with Crippen molar-refractivity contribution in [3.8, 4) is 11.5 Å². The van der Waals surface area contributed by atoms with Crippen molar-refractivity contribution in [3.05, 3.63) is 23.8 Å². The Morgan fingerprint density at radius 3 is 2.40 bits per heavy atom. The van der Waals surface area contributed by atoms with Crippen LogP contribution in [0.5, 0.6) is 11.5 Å². The molecule has 0 amide bonds. The van der Waals surface area contributed by atoms with Crippen LogP contribution in [-0.2, 0) is 0 Å². The van der Waals surface area contributed by atoms with E-state index in [9.17, 15) is 15.3 Å². The molecule has 1 saturated carbocycles. The fraction of sp³-hybridized carbons (Fsp3) is 0.625. The van der Waals surface area contributed by atoms with E-state index in [2.05, 4.69) is 5.32 Å². The first-order valence-corrected chi connectivity index (χ1v) is 7.48. The van der Waals surface area contributed by atoms with E-state index in [0.29, 0.717) is 6.54 Å². The Hall–Kier alpha value is -1.26. The highest BCUT2D eigenvalue weighted by molar-refractivity contribution is 5.40. The van der Waals surface area contributed by atoms with E-state index in [-0.39, 0.29) is 17.5 Å². The van der Waals surface area contributed by atoms with Gasteiger partial charge in [-0.25, -0.2) is 0 Å². The smallest absolute Gasteiger partial charge is 0.124 e. The van der Waals surface area contributed by atoms with Crippen molar-refractivity contribution in [2.45, 2.75) is 57.1 Å². The molecule has 20 heavy (non-hydrogen) atoms. The van der Waals surface area contributed by atoms with E-state index in [4.69, 9.17) is 0 Å². The molecule has 4 N–H and O–H groups in total. The topological polar surface area (TPSA) is 72.7 Å². The Labute approximate surface area is 120 Å². The molecule has 1 fully saturated rings. The van der Waals surface area contributed by atoms with Gasteiger partial charge in [-0.1, -0.05) is 31.7 Å². The Balaban J connectivity index is 1.95. The molecule has 0 bridgehead atoms. The molecule has 1 unspecified atom stereocenters. The lowest BCUT2D eigenvalue weighted by molar-refractivity contribution is 0.0231. The van der Waals surface area contributed by atoms with Crippen LogP contribution in [0.3, 0.4) is 0 Å². The zero-order chi connectivity index (χ0) is 14.6. The Morgan fingerprint density at radius 1 is 1.15 bits per heavy atom. The van der Waals surface area contributed by atoms with Gasteiger partial charge in [0.15, 0.2) is 0 Å². The third kappa shape index (κ3) is 3.87. The summed E-state index contributed by atoms with van der Waals surface area (Å²) in [6.45, 7) is 2.49. The van der Waals surface area contributed by atoms with Crippen molar-refractivity contribution < 1.29 is 15.3 Å². The van der Waals surface area contributed by atoms with E-state index in [1.54, 1.807) is 12.1 Å². The predicted molar refractivity (Wildman–Crippen MR) is 78.8 cm³/mol. The normalized spacial score (nSPS) is 20.3. The van der Waals surface area contributed by atoms with E-state index in [1.165, 1.54) is 18.9 Å². The minimum absolute atomic E-state index is 0.0563. The van der Waals surface area contributed by atoms with Crippen LogP contribution in [0.2, 0.25) is 0 Å². The van der Waals surface area contributed by atoms with Gasteiger partial charge >= 0.3 is 0 Å². The third-order valence-electron chi connectivity index (χ3n) is 4.25. The standard InChI is InChI=1S/C16H25NO3/c1-12(14-7-6-13(18)10-15(14)19)17-11-16(20)8-4-2-3-5-9-16/h6-7,10,12,17-20H,2-5,8-9,11H2,1H3. The first-order chi connectivity index (χ1) is 9.50. The summed E-state index contributed by atoms with van der Waals surface area (Å²) < 4.78 is 0. The first kappa shape index (κ1) is 15.1. The van der Waals surface area contributed by atoms with E-state index in [1.807, 2.05) is 6.92 Å². The molecule has 1 aliphatic carbocycles. The average molecular weight is 279 g/mol. The quantitative estimate of drug-likeness (QED) is 0.640. The van der Waals surface area contributed by atoms with Crippen LogP contribution in [-0.4, -0.2) is 27.5 Å². The number of aliphatic hydroxyl groups is 1.